The fourth-order valence-electron chi connectivity index (χ4n) is 1.34. The van der Waals surface area contributed by atoms with E-state index in [9.17, 15) is 13.2 Å². The SMILES string of the molecule is NC(=NO)c1cccc(-n2cc(C(F)(F)F)cn2)n1. The van der Waals surface area contributed by atoms with Gasteiger partial charge in [-0.2, -0.15) is 18.3 Å². The lowest BCUT2D eigenvalue weighted by molar-refractivity contribution is -0.137. The van der Waals surface area contributed by atoms with E-state index < -0.39 is 11.7 Å². The molecule has 0 atom stereocenters. The van der Waals surface area contributed by atoms with Gasteiger partial charge in [0.05, 0.1) is 11.8 Å². The minimum atomic E-state index is -4.47. The van der Waals surface area contributed by atoms with Gasteiger partial charge in [0.25, 0.3) is 0 Å². The second-order valence-corrected chi connectivity index (χ2v) is 3.54. The average Bonchev–Trinajstić information content (AvgIpc) is 2.87. The molecule has 0 aliphatic heterocycles. The molecule has 0 amide bonds. The van der Waals surface area contributed by atoms with Crippen LogP contribution in [0.5, 0.6) is 0 Å². The van der Waals surface area contributed by atoms with Crippen LogP contribution >= 0.6 is 0 Å². The predicted molar refractivity (Wildman–Crippen MR) is 58.9 cm³/mol. The number of rotatable bonds is 2. The Balaban J connectivity index is 2.40. The van der Waals surface area contributed by atoms with Crippen LogP contribution in [-0.4, -0.2) is 25.8 Å². The average molecular weight is 271 g/mol. The smallest absolute Gasteiger partial charge is 0.409 e. The number of oxime groups is 1. The summed E-state index contributed by atoms with van der Waals surface area (Å²) in [5, 5.41) is 14.8. The molecule has 0 saturated heterocycles. The van der Waals surface area contributed by atoms with E-state index >= 15 is 0 Å². The number of hydrogen-bond donors (Lipinski definition) is 2. The Labute approximate surface area is 105 Å². The lowest BCUT2D eigenvalue weighted by Crippen LogP contribution is -2.16. The van der Waals surface area contributed by atoms with E-state index in [-0.39, 0.29) is 17.3 Å². The van der Waals surface area contributed by atoms with Crippen LogP contribution < -0.4 is 5.73 Å². The number of nitrogens with two attached hydrogens (primary N) is 1. The third kappa shape index (κ3) is 2.64. The third-order valence-electron chi connectivity index (χ3n) is 2.25. The molecule has 9 heteroatoms. The topological polar surface area (TPSA) is 89.3 Å². The molecule has 0 aromatic carbocycles. The molecule has 100 valence electrons. The van der Waals surface area contributed by atoms with E-state index in [1.807, 2.05) is 0 Å². The molecule has 0 unspecified atom stereocenters. The highest BCUT2D eigenvalue weighted by molar-refractivity contribution is 5.95. The molecule has 2 aromatic rings. The highest BCUT2D eigenvalue weighted by Gasteiger charge is 2.32. The van der Waals surface area contributed by atoms with E-state index in [1.165, 1.54) is 18.2 Å². The number of aromatic nitrogens is 3. The van der Waals surface area contributed by atoms with E-state index in [0.717, 1.165) is 10.9 Å². The second-order valence-electron chi connectivity index (χ2n) is 3.54. The maximum Gasteiger partial charge on any atom is 0.419 e. The molecule has 0 bridgehead atoms. The maximum atomic E-state index is 12.4. The third-order valence-corrected chi connectivity index (χ3v) is 2.25. The second kappa shape index (κ2) is 4.59. The molecule has 0 fully saturated rings. The van der Waals surface area contributed by atoms with Gasteiger partial charge < -0.3 is 10.9 Å². The van der Waals surface area contributed by atoms with Gasteiger partial charge in [-0.1, -0.05) is 11.2 Å². The van der Waals surface area contributed by atoms with Crippen molar-refractivity contribution in [1.82, 2.24) is 14.8 Å². The van der Waals surface area contributed by atoms with Crippen molar-refractivity contribution >= 4 is 5.84 Å². The molecule has 0 radical (unpaired) electrons. The first kappa shape index (κ1) is 12.9. The Kier molecular flexibility index (Phi) is 3.11. The van der Waals surface area contributed by atoms with Gasteiger partial charge in [0, 0.05) is 6.20 Å². The summed E-state index contributed by atoms with van der Waals surface area (Å²) in [6.45, 7) is 0. The van der Waals surface area contributed by atoms with Gasteiger partial charge >= 0.3 is 6.18 Å². The monoisotopic (exact) mass is 271 g/mol. The van der Waals surface area contributed by atoms with Gasteiger partial charge in [-0.3, -0.25) is 0 Å². The summed E-state index contributed by atoms with van der Waals surface area (Å²) >= 11 is 0. The van der Waals surface area contributed by atoms with Crippen LogP contribution in [0.3, 0.4) is 0 Å². The van der Waals surface area contributed by atoms with Gasteiger partial charge in [0.2, 0.25) is 0 Å². The van der Waals surface area contributed by atoms with Crippen molar-refractivity contribution in [2.45, 2.75) is 6.18 Å². The number of halogens is 3. The standard InChI is InChI=1S/C10H8F3N5O/c11-10(12,13)6-4-15-18(5-6)8-3-1-2-7(16-8)9(14)17-19/h1-5,19H,(H2,14,17). The Morgan fingerprint density at radius 3 is 2.68 bits per heavy atom. The molecular formula is C10H8F3N5O. The predicted octanol–water partition coefficient (Wildman–Crippen LogP) is 1.38. The van der Waals surface area contributed by atoms with E-state index in [4.69, 9.17) is 10.9 Å². The van der Waals surface area contributed by atoms with Gasteiger partial charge in [0.1, 0.15) is 5.69 Å². The van der Waals surface area contributed by atoms with Crippen LogP contribution in [0, 0.1) is 0 Å². The molecule has 3 N–H and O–H groups in total. The number of pyridine rings is 1. The van der Waals surface area contributed by atoms with Crippen molar-refractivity contribution in [2.75, 3.05) is 0 Å². The van der Waals surface area contributed by atoms with Crippen LogP contribution in [-0.2, 0) is 6.18 Å². The molecule has 2 rings (SSSR count). The highest BCUT2D eigenvalue weighted by Crippen LogP contribution is 2.28. The van der Waals surface area contributed by atoms with E-state index in [1.54, 1.807) is 0 Å². The zero-order valence-electron chi connectivity index (χ0n) is 9.33. The van der Waals surface area contributed by atoms with Crippen LogP contribution in [0.15, 0.2) is 35.7 Å². The van der Waals surface area contributed by atoms with Gasteiger partial charge in [-0.15, -0.1) is 0 Å². The van der Waals surface area contributed by atoms with E-state index in [2.05, 4.69) is 15.2 Å². The van der Waals surface area contributed by atoms with Gasteiger partial charge in [0.15, 0.2) is 11.7 Å². The number of amidine groups is 1. The van der Waals surface area contributed by atoms with Crippen molar-refractivity contribution in [3.8, 4) is 5.82 Å². The van der Waals surface area contributed by atoms with Crippen molar-refractivity contribution in [1.29, 1.82) is 0 Å². The van der Waals surface area contributed by atoms with Gasteiger partial charge in [-0.25, -0.2) is 9.67 Å². The minimum absolute atomic E-state index is 0.125. The first-order chi connectivity index (χ1) is 8.91. The molecule has 0 aliphatic carbocycles. The largest absolute Gasteiger partial charge is 0.419 e. The Morgan fingerprint density at radius 1 is 1.37 bits per heavy atom. The van der Waals surface area contributed by atoms with Crippen LogP contribution in [0.4, 0.5) is 13.2 Å². The Morgan fingerprint density at radius 2 is 2.11 bits per heavy atom. The molecule has 6 nitrogen and oxygen atoms in total. The van der Waals surface area contributed by atoms with Crippen molar-refractivity contribution in [2.24, 2.45) is 10.9 Å². The first-order valence-corrected chi connectivity index (χ1v) is 4.99. The molecule has 0 saturated carbocycles. The molecule has 2 aromatic heterocycles. The fraction of sp³-hybridized carbons (Fsp3) is 0.100. The summed E-state index contributed by atoms with van der Waals surface area (Å²) in [6, 6.07) is 4.40. The molecule has 19 heavy (non-hydrogen) atoms. The summed E-state index contributed by atoms with van der Waals surface area (Å²) in [4.78, 5) is 3.93. The van der Waals surface area contributed by atoms with Crippen molar-refractivity contribution in [3.05, 3.63) is 41.9 Å². The quantitative estimate of drug-likeness (QED) is 0.374. The summed E-state index contributed by atoms with van der Waals surface area (Å²) in [6.07, 6.45) is -2.97. The number of alkyl halides is 3. The normalized spacial score (nSPS) is 12.7. The maximum absolute atomic E-state index is 12.4. The summed E-state index contributed by atoms with van der Waals surface area (Å²) in [5.41, 5.74) is 4.59. The van der Waals surface area contributed by atoms with Crippen LogP contribution in [0.1, 0.15) is 11.3 Å². The Bertz CT molecular complexity index is 620. The molecule has 0 aliphatic rings. The van der Waals surface area contributed by atoms with E-state index in [0.29, 0.717) is 6.20 Å². The molecule has 0 spiro atoms. The first-order valence-electron chi connectivity index (χ1n) is 4.99. The van der Waals surface area contributed by atoms with Crippen molar-refractivity contribution < 1.29 is 18.4 Å². The fourth-order valence-corrected chi connectivity index (χ4v) is 1.34. The van der Waals surface area contributed by atoms with Crippen molar-refractivity contribution in [3.63, 3.8) is 0 Å². The molecular weight excluding hydrogens is 263 g/mol. The zero-order chi connectivity index (χ0) is 14.0. The lowest BCUT2D eigenvalue weighted by atomic mass is 10.3. The minimum Gasteiger partial charge on any atom is -0.409 e. The zero-order valence-corrected chi connectivity index (χ0v) is 9.33. The van der Waals surface area contributed by atoms with Crippen LogP contribution in [0.25, 0.3) is 5.82 Å². The number of nitrogens with zero attached hydrogens (tertiary/aromatic N) is 4. The highest BCUT2D eigenvalue weighted by atomic mass is 19.4. The van der Waals surface area contributed by atoms with Crippen LogP contribution in [0.2, 0.25) is 0 Å². The Hall–Kier alpha value is -2.58. The lowest BCUT2D eigenvalue weighted by Gasteiger charge is -2.03. The summed E-state index contributed by atoms with van der Waals surface area (Å²) in [5.74, 6) is -0.121. The summed E-state index contributed by atoms with van der Waals surface area (Å²) < 4.78 is 38.3. The molecule has 2 heterocycles. The summed E-state index contributed by atoms with van der Waals surface area (Å²) in [7, 11) is 0. The van der Waals surface area contributed by atoms with Gasteiger partial charge in [-0.05, 0) is 12.1 Å². The number of hydrogen-bond acceptors (Lipinski definition) is 4.